The standard InChI is InChI=1S/C23H29ClN2O2/c1-2-18-10-12-19(13-11-18)28-17-23(27)25-16-22(26-14-6-3-7-15-26)20-8-4-5-9-21(20)24/h4-5,8-13,22H,2-3,6-7,14-17H2,1H3,(H,25,27). The van der Waals surface area contributed by atoms with Crippen molar-refractivity contribution < 1.29 is 9.53 Å². The van der Waals surface area contributed by atoms with Crippen molar-refractivity contribution in [3.8, 4) is 5.75 Å². The van der Waals surface area contributed by atoms with Gasteiger partial charge in [0.1, 0.15) is 5.75 Å². The van der Waals surface area contributed by atoms with Gasteiger partial charge in [0, 0.05) is 11.6 Å². The molecule has 3 rings (SSSR count). The number of carbonyl (C=O) groups excluding carboxylic acids is 1. The molecule has 1 aliphatic heterocycles. The molecule has 1 heterocycles. The van der Waals surface area contributed by atoms with Crippen molar-refractivity contribution in [1.29, 1.82) is 0 Å². The minimum Gasteiger partial charge on any atom is -0.484 e. The first kappa shape index (κ1) is 20.7. The molecule has 1 N–H and O–H groups in total. The first-order valence-electron chi connectivity index (χ1n) is 10.1. The summed E-state index contributed by atoms with van der Waals surface area (Å²) in [5.74, 6) is 0.597. The van der Waals surface area contributed by atoms with Gasteiger partial charge in [-0.15, -0.1) is 0 Å². The number of likely N-dealkylation sites (tertiary alicyclic amines) is 1. The Kier molecular flexibility index (Phi) is 7.75. The van der Waals surface area contributed by atoms with Crippen LogP contribution in [-0.4, -0.2) is 37.0 Å². The van der Waals surface area contributed by atoms with Crippen LogP contribution in [0.25, 0.3) is 0 Å². The zero-order valence-electron chi connectivity index (χ0n) is 16.5. The number of carbonyl (C=O) groups is 1. The number of nitrogens with zero attached hydrogens (tertiary/aromatic N) is 1. The van der Waals surface area contributed by atoms with Crippen LogP contribution in [0.15, 0.2) is 48.5 Å². The van der Waals surface area contributed by atoms with Crippen molar-refractivity contribution >= 4 is 17.5 Å². The number of hydrogen-bond donors (Lipinski definition) is 1. The van der Waals surface area contributed by atoms with Crippen molar-refractivity contribution in [2.24, 2.45) is 0 Å². The van der Waals surface area contributed by atoms with E-state index >= 15 is 0 Å². The molecule has 1 unspecified atom stereocenters. The van der Waals surface area contributed by atoms with Gasteiger partial charge in [-0.05, 0) is 61.7 Å². The average Bonchev–Trinajstić information content (AvgIpc) is 2.74. The summed E-state index contributed by atoms with van der Waals surface area (Å²) in [6, 6.07) is 15.9. The maximum absolute atomic E-state index is 12.4. The maximum atomic E-state index is 12.4. The summed E-state index contributed by atoms with van der Waals surface area (Å²) in [6.45, 7) is 4.72. The van der Waals surface area contributed by atoms with E-state index in [9.17, 15) is 4.79 Å². The maximum Gasteiger partial charge on any atom is 0.258 e. The third-order valence-electron chi connectivity index (χ3n) is 5.29. The fraction of sp³-hybridized carbons (Fsp3) is 0.435. The van der Waals surface area contributed by atoms with Gasteiger partial charge in [-0.2, -0.15) is 0 Å². The van der Waals surface area contributed by atoms with Crippen LogP contribution in [0.2, 0.25) is 5.02 Å². The molecule has 0 radical (unpaired) electrons. The lowest BCUT2D eigenvalue weighted by Gasteiger charge is -2.35. The average molecular weight is 401 g/mol. The lowest BCUT2D eigenvalue weighted by molar-refractivity contribution is -0.123. The molecular formula is C23H29ClN2O2. The summed E-state index contributed by atoms with van der Waals surface area (Å²) < 4.78 is 5.62. The van der Waals surface area contributed by atoms with E-state index in [-0.39, 0.29) is 18.6 Å². The molecule has 5 heteroatoms. The summed E-state index contributed by atoms with van der Waals surface area (Å²) in [5, 5.41) is 3.78. The molecule has 28 heavy (non-hydrogen) atoms. The fourth-order valence-electron chi connectivity index (χ4n) is 3.64. The second-order valence-electron chi connectivity index (χ2n) is 7.22. The number of ether oxygens (including phenoxy) is 1. The highest BCUT2D eigenvalue weighted by molar-refractivity contribution is 6.31. The number of piperidine rings is 1. The predicted molar refractivity (Wildman–Crippen MR) is 114 cm³/mol. The summed E-state index contributed by atoms with van der Waals surface area (Å²) >= 11 is 6.46. The molecule has 0 aromatic heterocycles. The Hall–Kier alpha value is -2.04. The molecule has 2 aromatic rings. The SMILES string of the molecule is CCc1ccc(OCC(=O)NCC(c2ccccc2Cl)N2CCCCC2)cc1. The number of hydrogen-bond acceptors (Lipinski definition) is 3. The Morgan fingerprint density at radius 1 is 1.11 bits per heavy atom. The topological polar surface area (TPSA) is 41.6 Å². The number of amides is 1. The number of benzene rings is 2. The van der Waals surface area contributed by atoms with E-state index < -0.39 is 0 Å². The molecular weight excluding hydrogens is 372 g/mol. The van der Waals surface area contributed by atoms with Gasteiger partial charge in [-0.3, -0.25) is 9.69 Å². The monoisotopic (exact) mass is 400 g/mol. The summed E-state index contributed by atoms with van der Waals surface area (Å²) in [4.78, 5) is 14.8. The van der Waals surface area contributed by atoms with Gasteiger partial charge in [-0.25, -0.2) is 0 Å². The van der Waals surface area contributed by atoms with E-state index in [1.54, 1.807) is 0 Å². The second-order valence-corrected chi connectivity index (χ2v) is 7.63. The van der Waals surface area contributed by atoms with Crippen LogP contribution in [0, 0.1) is 0 Å². The quantitative estimate of drug-likeness (QED) is 0.702. The van der Waals surface area contributed by atoms with Crippen LogP contribution in [0.1, 0.15) is 43.4 Å². The molecule has 0 aliphatic carbocycles. The second kappa shape index (κ2) is 10.5. The van der Waals surface area contributed by atoms with Crippen molar-refractivity contribution in [2.75, 3.05) is 26.2 Å². The lowest BCUT2D eigenvalue weighted by Crippen LogP contribution is -2.41. The van der Waals surface area contributed by atoms with E-state index in [0.29, 0.717) is 12.3 Å². The van der Waals surface area contributed by atoms with E-state index in [1.807, 2.05) is 42.5 Å². The highest BCUT2D eigenvalue weighted by Crippen LogP contribution is 2.29. The van der Waals surface area contributed by atoms with Crippen LogP contribution in [0.4, 0.5) is 0 Å². The van der Waals surface area contributed by atoms with Crippen LogP contribution < -0.4 is 10.1 Å². The molecule has 1 fully saturated rings. The normalized spacial score (nSPS) is 15.8. The van der Waals surface area contributed by atoms with Gasteiger partial charge in [0.05, 0.1) is 6.04 Å². The molecule has 1 amide bonds. The van der Waals surface area contributed by atoms with Gasteiger partial charge < -0.3 is 10.1 Å². The van der Waals surface area contributed by atoms with Gasteiger partial charge in [-0.1, -0.05) is 55.3 Å². The van der Waals surface area contributed by atoms with Gasteiger partial charge in [0.25, 0.3) is 5.91 Å². The molecule has 1 atom stereocenters. The number of aryl methyl sites for hydroxylation is 1. The highest BCUT2D eigenvalue weighted by atomic mass is 35.5. The van der Waals surface area contributed by atoms with Crippen LogP contribution in [0.3, 0.4) is 0 Å². The Labute approximate surface area is 172 Å². The summed E-state index contributed by atoms with van der Waals surface area (Å²) in [7, 11) is 0. The van der Waals surface area contributed by atoms with Crippen LogP contribution >= 0.6 is 11.6 Å². The van der Waals surface area contributed by atoms with Crippen molar-refractivity contribution in [1.82, 2.24) is 10.2 Å². The van der Waals surface area contributed by atoms with Gasteiger partial charge in [0.2, 0.25) is 0 Å². The Bertz CT molecular complexity index is 757. The van der Waals surface area contributed by atoms with Gasteiger partial charge >= 0.3 is 0 Å². The lowest BCUT2D eigenvalue weighted by atomic mass is 10.0. The minimum absolute atomic E-state index is 0.0146. The Morgan fingerprint density at radius 2 is 1.82 bits per heavy atom. The highest BCUT2D eigenvalue weighted by Gasteiger charge is 2.24. The van der Waals surface area contributed by atoms with Crippen LogP contribution in [0.5, 0.6) is 5.75 Å². The fourth-order valence-corrected chi connectivity index (χ4v) is 3.90. The Balaban J connectivity index is 1.57. The smallest absolute Gasteiger partial charge is 0.258 e. The van der Waals surface area contributed by atoms with E-state index in [1.165, 1.54) is 24.8 Å². The number of nitrogens with one attached hydrogen (secondary N) is 1. The Morgan fingerprint density at radius 3 is 2.50 bits per heavy atom. The predicted octanol–water partition coefficient (Wildman–Crippen LogP) is 4.62. The number of rotatable bonds is 8. The molecule has 4 nitrogen and oxygen atoms in total. The van der Waals surface area contributed by atoms with E-state index in [2.05, 4.69) is 23.2 Å². The van der Waals surface area contributed by atoms with Crippen molar-refractivity contribution in [3.05, 3.63) is 64.7 Å². The first-order valence-corrected chi connectivity index (χ1v) is 10.5. The third-order valence-corrected chi connectivity index (χ3v) is 5.63. The van der Waals surface area contributed by atoms with Crippen molar-refractivity contribution in [2.45, 2.75) is 38.6 Å². The summed E-state index contributed by atoms with van der Waals surface area (Å²) in [5.41, 5.74) is 2.32. The first-order chi connectivity index (χ1) is 13.7. The molecule has 2 aromatic carbocycles. The summed E-state index contributed by atoms with van der Waals surface area (Å²) in [6.07, 6.45) is 4.63. The minimum atomic E-state index is -0.117. The van der Waals surface area contributed by atoms with Crippen molar-refractivity contribution in [3.63, 3.8) is 0 Å². The molecule has 1 saturated heterocycles. The largest absolute Gasteiger partial charge is 0.484 e. The zero-order valence-corrected chi connectivity index (χ0v) is 17.3. The van der Waals surface area contributed by atoms with E-state index in [4.69, 9.17) is 16.3 Å². The molecule has 1 aliphatic rings. The molecule has 150 valence electrons. The van der Waals surface area contributed by atoms with Gasteiger partial charge in [0.15, 0.2) is 6.61 Å². The zero-order chi connectivity index (χ0) is 19.8. The third kappa shape index (κ3) is 5.73. The number of halogens is 1. The molecule has 0 bridgehead atoms. The molecule has 0 spiro atoms. The van der Waals surface area contributed by atoms with Crippen LogP contribution in [-0.2, 0) is 11.2 Å². The molecule has 0 saturated carbocycles. The van der Waals surface area contributed by atoms with E-state index in [0.717, 1.165) is 30.1 Å².